The Morgan fingerprint density at radius 1 is 1.04 bits per heavy atom. The quantitative estimate of drug-likeness (QED) is 0.867. The Balaban J connectivity index is 1.38. The molecule has 0 atom stereocenters. The van der Waals surface area contributed by atoms with Gasteiger partial charge in [-0.05, 0) is 18.2 Å². The van der Waals surface area contributed by atoms with E-state index in [2.05, 4.69) is 20.1 Å². The average molecular weight is 342 g/mol. The van der Waals surface area contributed by atoms with Crippen molar-refractivity contribution in [1.29, 1.82) is 0 Å². The first-order valence-corrected chi connectivity index (χ1v) is 8.55. The molecular weight excluding hydrogens is 319 g/mol. The van der Waals surface area contributed by atoms with E-state index in [0.29, 0.717) is 12.1 Å². The lowest BCUT2D eigenvalue weighted by Gasteiger charge is -2.34. The number of nitrogens with zero attached hydrogens (tertiary/aromatic N) is 3. The Morgan fingerprint density at radius 3 is 2.48 bits per heavy atom. The van der Waals surface area contributed by atoms with Crippen LogP contribution in [-0.4, -0.2) is 53.4 Å². The van der Waals surface area contributed by atoms with Crippen LogP contribution in [0.3, 0.4) is 0 Å². The molecule has 0 bridgehead atoms. The molecule has 6 heteroatoms. The summed E-state index contributed by atoms with van der Waals surface area (Å²) >= 11 is 0. The van der Waals surface area contributed by atoms with Gasteiger partial charge in [0.1, 0.15) is 5.82 Å². The van der Waals surface area contributed by atoms with E-state index in [0.717, 1.165) is 38.4 Å². The SMILES string of the molecule is O=C(CN1CCN(Cc2ccccn2)CC1)NCc1ccccc1F. The lowest BCUT2D eigenvalue weighted by molar-refractivity contribution is -0.122. The highest BCUT2D eigenvalue weighted by Gasteiger charge is 2.19. The van der Waals surface area contributed by atoms with Gasteiger partial charge < -0.3 is 5.32 Å². The van der Waals surface area contributed by atoms with Crippen molar-refractivity contribution in [3.63, 3.8) is 0 Å². The van der Waals surface area contributed by atoms with Gasteiger partial charge in [-0.1, -0.05) is 24.3 Å². The summed E-state index contributed by atoms with van der Waals surface area (Å²) in [4.78, 5) is 20.9. The van der Waals surface area contributed by atoms with Gasteiger partial charge in [-0.2, -0.15) is 0 Å². The zero-order chi connectivity index (χ0) is 17.5. The highest BCUT2D eigenvalue weighted by Crippen LogP contribution is 2.07. The van der Waals surface area contributed by atoms with Crippen LogP contribution < -0.4 is 5.32 Å². The predicted molar refractivity (Wildman–Crippen MR) is 94.2 cm³/mol. The van der Waals surface area contributed by atoms with E-state index in [1.54, 1.807) is 18.2 Å². The number of pyridine rings is 1. The predicted octanol–water partition coefficient (Wildman–Crippen LogP) is 1.65. The summed E-state index contributed by atoms with van der Waals surface area (Å²) in [6, 6.07) is 12.5. The van der Waals surface area contributed by atoms with Crippen LogP contribution >= 0.6 is 0 Å². The maximum absolute atomic E-state index is 13.5. The number of rotatable bonds is 6. The second-order valence-corrected chi connectivity index (χ2v) is 6.24. The lowest BCUT2D eigenvalue weighted by Crippen LogP contribution is -2.49. The second-order valence-electron chi connectivity index (χ2n) is 6.24. The van der Waals surface area contributed by atoms with E-state index in [9.17, 15) is 9.18 Å². The molecule has 2 heterocycles. The molecule has 1 aromatic heterocycles. The summed E-state index contributed by atoms with van der Waals surface area (Å²) in [5, 5.41) is 2.79. The van der Waals surface area contributed by atoms with Crippen LogP contribution in [0.5, 0.6) is 0 Å². The molecule has 5 nitrogen and oxygen atoms in total. The zero-order valence-electron chi connectivity index (χ0n) is 14.2. The van der Waals surface area contributed by atoms with Gasteiger partial charge in [0.15, 0.2) is 0 Å². The number of nitrogens with one attached hydrogen (secondary N) is 1. The lowest BCUT2D eigenvalue weighted by atomic mass is 10.2. The molecule has 25 heavy (non-hydrogen) atoms. The Kier molecular flexibility index (Phi) is 6.09. The molecular formula is C19H23FN4O. The summed E-state index contributed by atoms with van der Waals surface area (Å²) in [5.74, 6) is -0.354. The van der Waals surface area contributed by atoms with Gasteiger partial charge in [-0.3, -0.25) is 19.6 Å². The van der Waals surface area contributed by atoms with Gasteiger partial charge in [0, 0.05) is 51.0 Å². The molecule has 0 aliphatic carbocycles. The molecule has 1 aliphatic rings. The Labute approximate surface area is 147 Å². The Hall–Kier alpha value is -2.31. The number of piperazine rings is 1. The van der Waals surface area contributed by atoms with Crippen LogP contribution in [0, 0.1) is 5.82 Å². The molecule has 2 aromatic rings. The summed E-state index contributed by atoms with van der Waals surface area (Å²) in [5.41, 5.74) is 1.58. The van der Waals surface area contributed by atoms with Crippen molar-refractivity contribution in [3.8, 4) is 0 Å². The van der Waals surface area contributed by atoms with E-state index in [1.807, 2.05) is 24.4 Å². The standard InChI is InChI=1S/C19H23FN4O/c20-18-7-2-1-5-16(18)13-22-19(25)15-24-11-9-23(10-12-24)14-17-6-3-4-8-21-17/h1-8H,9-15H2,(H,22,25). The molecule has 0 saturated carbocycles. The van der Waals surface area contributed by atoms with Crippen molar-refractivity contribution in [2.75, 3.05) is 32.7 Å². The number of carbonyl (C=O) groups excluding carboxylic acids is 1. The van der Waals surface area contributed by atoms with Crippen molar-refractivity contribution in [2.45, 2.75) is 13.1 Å². The minimum absolute atomic E-state index is 0.0681. The normalized spacial score (nSPS) is 15.9. The minimum atomic E-state index is -0.286. The van der Waals surface area contributed by atoms with Gasteiger partial charge >= 0.3 is 0 Å². The first-order chi connectivity index (χ1) is 12.2. The highest BCUT2D eigenvalue weighted by molar-refractivity contribution is 5.78. The molecule has 1 fully saturated rings. The van der Waals surface area contributed by atoms with E-state index in [-0.39, 0.29) is 18.3 Å². The third-order valence-corrected chi connectivity index (χ3v) is 4.38. The molecule has 0 unspecified atom stereocenters. The topological polar surface area (TPSA) is 48.5 Å². The van der Waals surface area contributed by atoms with Crippen LogP contribution in [0.4, 0.5) is 4.39 Å². The van der Waals surface area contributed by atoms with Crippen LogP contribution in [0.2, 0.25) is 0 Å². The summed E-state index contributed by atoms with van der Waals surface area (Å²) in [6.07, 6.45) is 1.81. The van der Waals surface area contributed by atoms with E-state index >= 15 is 0 Å². The number of halogens is 1. The fraction of sp³-hybridized carbons (Fsp3) is 0.368. The third-order valence-electron chi connectivity index (χ3n) is 4.38. The first-order valence-electron chi connectivity index (χ1n) is 8.55. The third kappa shape index (κ3) is 5.34. The summed E-state index contributed by atoms with van der Waals surface area (Å²) in [6.45, 7) is 4.94. The van der Waals surface area contributed by atoms with E-state index in [1.165, 1.54) is 6.07 Å². The molecule has 1 aromatic carbocycles. The van der Waals surface area contributed by atoms with E-state index < -0.39 is 0 Å². The number of hydrogen-bond acceptors (Lipinski definition) is 4. The molecule has 132 valence electrons. The summed E-state index contributed by atoms with van der Waals surface area (Å²) < 4.78 is 13.5. The maximum atomic E-state index is 13.5. The van der Waals surface area contributed by atoms with Crippen molar-refractivity contribution in [2.24, 2.45) is 0 Å². The second kappa shape index (κ2) is 8.69. The van der Waals surface area contributed by atoms with Gasteiger partial charge in [0.25, 0.3) is 0 Å². The monoisotopic (exact) mass is 342 g/mol. The van der Waals surface area contributed by atoms with Crippen molar-refractivity contribution < 1.29 is 9.18 Å². The number of carbonyl (C=O) groups is 1. The fourth-order valence-electron chi connectivity index (χ4n) is 2.92. The summed E-state index contributed by atoms with van der Waals surface area (Å²) in [7, 11) is 0. The van der Waals surface area contributed by atoms with Gasteiger partial charge in [0.2, 0.25) is 5.91 Å². The van der Waals surface area contributed by atoms with E-state index in [4.69, 9.17) is 0 Å². The highest BCUT2D eigenvalue weighted by atomic mass is 19.1. The van der Waals surface area contributed by atoms with Crippen molar-refractivity contribution in [3.05, 3.63) is 65.7 Å². The fourth-order valence-corrected chi connectivity index (χ4v) is 2.92. The van der Waals surface area contributed by atoms with Crippen molar-refractivity contribution in [1.82, 2.24) is 20.1 Å². The number of aromatic nitrogens is 1. The van der Waals surface area contributed by atoms with Crippen LogP contribution in [0.1, 0.15) is 11.3 Å². The van der Waals surface area contributed by atoms with Crippen LogP contribution in [0.25, 0.3) is 0 Å². The molecule has 3 rings (SSSR count). The first kappa shape index (κ1) is 17.5. The van der Waals surface area contributed by atoms with Gasteiger partial charge in [-0.15, -0.1) is 0 Å². The molecule has 1 N–H and O–H groups in total. The molecule has 1 aliphatic heterocycles. The zero-order valence-corrected chi connectivity index (χ0v) is 14.2. The average Bonchev–Trinajstić information content (AvgIpc) is 2.64. The maximum Gasteiger partial charge on any atom is 0.234 e. The number of benzene rings is 1. The van der Waals surface area contributed by atoms with Gasteiger partial charge in [-0.25, -0.2) is 4.39 Å². The number of amides is 1. The molecule has 0 radical (unpaired) electrons. The van der Waals surface area contributed by atoms with Crippen LogP contribution in [-0.2, 0) is 17.9 Å². The molecule has 1 saturated heterocycles. The van der Waals surface area contributed by atoms with Crippen LogP contribution in [0.15, 0.2) is 48.7 Å². The minimum Gasteiger partial charge on any atom is -0.351 e. The largest absolute Gasteiger partial charge is 0.351 e. The van der Waals surface area contributed by atoms with Gasteiger partial charge in [0.05, 0.1) is 12.2 Å². The number of hydrogen-bond donors (Lipinski definition) is 1. The Morgan fingerprint density at radius 2 is 1.76 bits per heavy atom. The molecule has 0 spiro atoms. The molecule has 1 amide bonds. The Bertz CT molecular complexity index is 687. The van der Waals surface area contributed by atoms with Crippen molar-refractivity contribution >= 4 is 5.91 Å². The smallest absolute Gasteiger partial charge is 0.234 e.